The number of non-ortho nitro benzene ring substituents is 1. The Hall–Kier alpha value is -3.17. The summed E-state index contributed by atoms with van der Waals surface area (Å²) in [5.74, 6) is -1.13. The number of nitro benzene ring substituents is 1. The van der Waals surface area contributed by atoms with E-state index in [1.807, 2.05) is 13.8 Å². The third kappa shape index (κ3) is 8.61. The first kappa shape index (κ1) is 25.9. The van der Waals surface area contributed by atoms with Crippen LogP contribution in [0.4, 0.5) is 10.5 Å². The predicted molar refractivity (Wildman–Crippen MR) is 115 cm³/mol. The van der Waals surface area contributed by atoms with Crippen LogP contribution in [0.2, 0.25) is 0 Å². The van der Waals surface area contributed by atoms with Crippen LogP contribution in [0.25, 0.3) is 0 Å². The first-order valence-corrected chi connectivity index (χ1v) is 10.00. The standard InChI is InChI=1S/C21H32N4O6/c1-13(2)11-16(23-20(28)31-21(3,4)5)19(27)24(6)17(18(22)26)12-14-7-9-15(10-8-14)25(29)30/h7-10,13,16-17H,11-12H2,1-6H3,(H2,22,26)(H,23,28)/t16-,17-/m0/s1. The molecule has 0 unspecified atom stereocenters. The van der Waals surface area contributed by atoms with Gasteiger partial charge < -0.3 is 20.7 Å². The first-order chi connectivity index (χ1) is 14.2. The lowest BCUT2D eigenvalue weighted by molar-refractivity contribution is -0.384. The summed E-state index contributed by atoms with van der Waals surface area (Å²) >= 11 is 0. The summed E-state index contributed by atoms with van der Waals surface area (Å²) in [7, 11) is 1.44. The molecule has 1 aromatic rings. The molecule has 2 atom stereocenters. The monoisotopic (exact) mass is 436 g/mol. The molecule has 1 aromatic carbocycles. The normalized spacial score (nSPS) is 13.3. The second-order valence-corrected chi connectivity index (χ2v) is 8.82. The Morgan fingerprint density at radius 1 is 1.19 bits per heavy atom. The number of benzene rings is 1. The van der Waals surface area contributed by atoms with Gasteiger partial charge in [-0.05, 0) is 38.7 Å². The zero-order chi connectivity index (χ0) is 23.9. The van der Waals surface area contributed by atoms with Crippen LogP contribution in [-0.2, 0) is 20.7 Å². The molecular formula is C21H32N4O6. The van der Waals surface area contributed by atoms with Crippen molar-refractivity contribution in [2.75, 3.05) is 7.05 Å². The SMILES string of the molecule is CC(C)C[C@H](NC(=O)OC(C)(C)C)C(=O)N(C)[C@@H](Cc1ccc([N+](=O)[O-])cc1)C(N)=O. The van der Waals surface area contributed by atoms with E-state index in [9.17, 15) is 24.5 Å². The number of hydrogen-bond donors (Lipinski definition) is 2. The van der Waals surface area contributed by atoms with Crippen molar-refractivity contribution in [1.82, 2.24) is 10.2 Å². The van der Waals surface area contributed by atoms with Crippen molar-refractivity contribution in [3.8, 4) is 0 Å². The number of carbonyl (C=O) groups excluding carboxylic acids is 3. The van der Waals surface area contributed by atoms with E-state index in [4.69, 9.17) is 10.5 Å². The van der Waals surface area contributed by atoms with Crippen LogP contribution in [0.1, 0.15) is 46.6 Å². The van der Waals surface area contributed by atoms with Crippen molar-refractivity contribution in [3.63, 3.8) is 0 Å². The maximum Gasteiger partial charge on any atom is 0.408 e. The number of nitrogens with one attached hydrogen (secondary N) is 1. The van der Waals surface area contributed by atoms with Gasteiger partial charge in [-0.3, -0.25) is 19.7 Å². The van der Waals surface area contributed by atoms with Gasteiger partial charge in [0.2, 0.25) is 11.8 Å². The molecule has 31 heavy (non-hydrogen) atoms. The van der Waals surface area contributed by atoms with Crippen molar-refractivity contribution >= 4 is 23.6 Å². The molecule has 0 aliphatic rings. The van der Waals surface area contributed by atoms with Gasteiger partial charge in [-0.1, -0.05) is 26.0 Å². The van der Waals surface area contributed by atoms with Crippen LogP contribution in [0.3, 0.4) is 0 Å². The quantitative estimate of drug-likeness (QED) is 0.449. The Morgan fingerprint density at radius 3 is 2.16 bits per heavy atom. The topological polar surface area (TPSA) is 145 Å². The van der Waals surface area contributed by atoms with Gasteiger partial charge in [-0.25, -0.2) is 4.79 Å². The molecule has 10 nitrogen and oxygen atoms in total. The lowest BCUT2D eigenvalue weighted by Crippen LogP contribution is -2.55. The number of likely N-dealkylation sites (N-methyl/N-ethyl adjacent to an activating group) is 1. The van der Waals surface area contributed by atoms with E-state index >= 15 is 0 Å². The summed E-state index contributed by atoms with van der Waals surface area (Å²) in [6, 6.07) is 3.76. The summed E-state index contributed by atoms with van der Waals surface area (Å²) in [6.07, 6.45) is -0.312. The fourth-order valence-corrected chi connectivity index (χ4v) is 2.95. The van der Waals surface area contributed by atoms with E-state index in [1.54, 1.807) is 20.8 Å². The largest absolute Gasteiger partial charge is 0.444 e. The van der Waals surface area contributed by atoms with Gasteiger partial charge in [0.15, 0.2) is 0 Å². The second-order valence-electron chi connectivity index (χ2n) is 8.82. The third-order valence-electron chi connectivity index (χ3n) is 4.42. The first-order valence-electron chi connectivity index (χ1n) is 10.00. The second kappa shape index (κ2) is 10.7. The van der Waals surface area contributed by atoms with E-state index in [1.165, 1.54) is 36.2 Å². The maximum atomic E-state index is 13.1. The Morgan fingerprint density at radius 2 is 1.74 bits per heavy atom. The van der Waals surface area contributed by atoms with Gasteiger partial charge in [-0.2, -0.15) is 0 Å². The van der Waals surface area contributed by atoms with E-state index in [2.05, 4.69) is 5.32 Å². The minimum absolute atomic E-state index is 0.0798. The number of ether oxygens (including phenoxy) is 1. The van der Waals surface area contributed by atoms with E-state index in [0.29, 0.717) is 12.0 Å². The van der Waals surface area contributed by atoms with Crippen LogP contribution < -0.4 is 11.1 Å². The number of nitrogens with zero attached hydrogens (tertiary/aromatic N) is 2. The number of rotatable bonds is 9. The van der Waals surface area contributed by atoms with Crippen molar-refractivity contribution in [3.05, 3.63) is 39.9 Å². The predicted octanol–water partition coefficient (Wildman–Crippen LogP) is 2.39. The fourth-order valence-electron chi connectivity index (χ4n) is 2.95. The van der Waals surface area contributed by atoms with Gasteiger partial charge in [0.25, 0.3) is 5.69 Å². The van der Waals surface area contributed by atoms with Crippen LogP contribution in [0.15, 0.2) is 24.3 Å². The highest BCUT2D eigenvalue weighted by Gasteiger charge is 2.32. The Kier molecular flexibility index (Phi) is 8.96. The molecule has 3 amide bonds. The van der Waals surface area contributed by atoms with Gasteiger partial charge >= 0.3 is 6.09 Å². The molecule has 172 valence electrons. The van der Waals surface area contributed by atoms with Crippen molar-refractivity contribution in [2.24, 2.45) is 11.7 Å². The van der Waals surface area contributed by atoms with E-state index in [-0.39, 0.29) is 18.0 Å². The highest BCUT2D eigenvalue weighted by atomic mass is 16.6. The number of hydrogen-bond acceptors (Lipinski definition) is 6. The summed E-state index contributed by atoms with van der Waals surface area (Å²) in [6.45, 7) is 8.95. The number of primary amides is 1. The molecule has 0 spiro atoms. The zero-order valence-corrected chi connectivity index (χ0v) is 18.9. The Bertz CT molecular complexity index is 801. The summed E-state index contributed by atoms with van der Waals surface area (Å²) in [4.78, 5) is 48.9. The molecule has 0 aliphatic heterocycles. The molecule has 10 heteroatoms. The third-order valence-corrected chi connectivity index (χ3v) is 4.42. The molecule has 1 rings (SSSR count). The average molecular weight is 437 g/mol. The molecule has 0 aliphatic carbocycles. The highest BCUT2D eigenvalue weighted by Crippen LogP contribution is 2.17. The van der Waals surface area contributed by atoms with Crippen molar-refractivity contribution < 1.29 is 24.0 Å². The van der Waals surface area contributed by atoms with Gasteiger partial charge in [0.1, 0.15) is 17.7 Å². The van der Waals surface area contributed by atoms with Gasteiger partial charge in [0.05, 0.1) is 4.92 Å². The Labute approximate surface area is 182 Å². The van der Waals surface area contributed by atoms with Gasteiger partial charge in [-0.15, -0.1) is 0 Å². The van der Waals surface area contributed by atoms with Crippen molar-refractivity contribution in [2.45, 2.75) is 65.1 Å². The zero-order valence-electron chi connectivity index (χ0n) is 18.9. The maximum absolute atomic E-state index is 13.1. The molecule has 0 aromatic heterocycles. The van der Waals surface area contributed by atoms with Crippen LogP contribution in [0, 0.1) is 16.0 Å². The number of nitro groups is 1. The molecular weight excluding hydrogens is 404 g/mol. The van der Waals surface area contributed by atoms with Crippen molar-refractivity contribution in [1.29, 1.82) is 0 Å². The summed E-state index contributed by atoms with van der Waals surface area (Å²) in [5, 5.41) is 13.4. The number of nitrogens with two attached hydrogens (primary N) is 1. The fraction of sp³-hybridized carbons (Fsp3) is 0.571. The number of carbonyl (C=O) groups is 3. The smallest absolute Gasteiger partial charge is 0.408 e. The lowest BCUT2D eigenvalue weighted by atomic mass is 10.00. The molecule has 0 fully saturated rings. The molecule has 3 N–H and O–H groups in total. The molecule has 0 bridgehead atoms. The number of alkyl carbamates (subject to hydrolysis) is 1. The van der Waals surface area contributed by atoms with E-state index in [0.717, 1.165) is 0 Å². The lowest BCUT2D eigenvalue weighted by Gasteiger charge is -2.31. The summed E-state index contributed by atoms with van der Waals surface area (Å²) < 4.78 is 5.25. The minimum Gasteiger partial charge on any atom is -0.444 e. The summed E-state index contributed by atoms with van der Waals surface area (Å²) in [5.41, 5.74) is 5.33. The van der Waals surface area contributed by atoms with Crippen LogP contribution in [0.5, 0.6) is 0 Å². The number of amides is 3. The average Bonchev–Trinajstić information content (AvgIpc) is 2.62. The molecule has 0 radical (unpaired) electrons. The highest BCUT2D eigenvalue weighted by molar-refractivity contribution is 5.90. The molecule has 0 saturated carbocycles. The minimum atomic E-state index is -0.996. The van der Waals surface area contributed by atoms with E-state index < -0.39 is 40.5 Å². The molecule has 0 saturated heterocycles. The van der Waals surface area contributed by atoms with Gasteiger partial charge in [0, 0.05) is 25.6 Å². The molecule has 0 heterocycles. The Balaban J connectivity index is 3.02. The van der Waals surface area contributed by atoms with Crippen LogP contribution in [-0.4, -0.2) is 52.5 Å². The van der Waals surface area contributed by atoms with Crippen LogP contribution >= 0.6 is 0 Å².